The van der Waals surface area contributed by atoms with E-state index in [-0.39, 0.29) is 11.6 Å². The van der Waals surface area contributed by atoms with Crippen molar-refractivity contribution in [2.45, 2.75) is 0 Å². The van der Waals surface area contributed by atoms with Crippen molar-refractivity contribution in [3.63, 3.8) is 0 Å². The van der Waals surface area contributed by atoms with Gasteiger partial charge in [-0.05, 0) is 42.5 Å². The quantitative estimate of drug-likeness (QED) is 0.285. The molecule has 10 heteroatoms. The van der Waals surface area contributed by atoms with Gasteiger partial charge >= 0.3 is 5.88 Å². The molecule has 1 N–H and O–H groups in total. The molecule has 144 valence electrons. The molecule has 0 aliphatic heterocycles. The van der Waals surface area contributed by atoms with E-state index in [0.29, 0.717) is 22.0 Å². The minimum atomic E-state index is -0.600. The molecule has 0 radical (unpaired) electrons. The van der Waals surface area contributed by atoms with Crippen LogP contribution in [-0.4, -0.2) is 25.9 Å². The lowest BCUT2D eigenvalue weighted by atomic mass is 10.2. The van der Waals surface area contributed by atoms with Crippen LogP contribution in [0.2, 0.25) is 5.02 Å². The number of hydrogen-bond acceptors (Lipinski definition) is 7. The van der Waals surface area contributed by atoms with Crippen LogP contribution in [0, 0.1) is 10.1 Å². The Kier molecular flexibility index (Phi) is 5.04. The first-order valence-corrected chi connectivity index (χ1v) is 8.77. The highest BCUT2D eigenvalue weighted by Crippen LogP contribution is 2.28. The molecule has 29 heavy (non-hydrogen) atoms. The predicted molar refractivity (Wildman–Crippen MR) is 108 cm³/mol. The molecule has 0 unspecified atom stereocenters. The zero-order valence-electron chi connectivity index (χ0n) is 14.8. The lowest BCUT2D eigenvalue weighted by Gasteiger charge is -2.00. The Labute approximate surface area is 169 Å². The molecule has 4 rings (SSSR count). The van der Waals surface area contributed by atoms with Crippen molar-refractivity contribution < 1.29 is 9.34 Å². The Morgan fingerprint density at radius 1 is 1.21 bits per heavy atom. The monoisotopic (exact) mass is 408 g/mol. The standard InChI is InChI=1S/C19H13ClN6O3/c20-14-3-5-16(6-4-14)25-12-13(10-22-23-15-2-1-9-21-11-15)19(24-25)17-7-8-18(29-17)26(27)28/h1-12,23H. The van der Waals surface area contributed by atoms with Gasteiger partial charge in [0.2, 0.25) is 0 Å². The lowest BCUT2D eigenvalue weighted by molar-refractivity contribution is -0.401. The van der Waals surface area contributed by atoms with Crippen LogP contribution in [0.1, 0.15) is 5.56 Å². The van der Waals surface area contributed by atoms with Crippen molar-refractivity contribution >= 4 is 29.4 Å². The molecule has 0 saturated heterocycles. The van der Waals surface area contributed by atoms with Gasteiger partial charge in [0.1, 0.15) is 10.6 Å². The van der Waals surface area contributed by atoms with E-state index in [1.54, 1.807) is 59.8 Å². The van der Waals surface area contributed by atoms with Crippen LogP contribution in [0.3, 0.4) is 0 Å². The Morgan fingerprint density at radius 2 is 2.03 bits per heavy atom. The van der Waals surface area contributed by atoms with E-state index in [2.05, 4.69) is 20.6 Å². The second kappa shape index (κ2) is 7.95. The number of pyridine rings is 1. The van der Waals surface area contributed by atoms with E-state index in [1.165, 1.54) is 12.1 Å². The second-order valence-corrected chi connectivity index (χ2v) is 6.30. The van der Waals surface area contributed by atoms with E-state index in [1.807, 2.05) is 6.07 Å². The number of anilines is 1. The summed E-state index contributed by atoms with van der Waals surface area (Å²) in [5.41, 5.74) is 5.34. The molecule has 0 aliphatic rings. The van der Waals surface area contributed by atoms with Gasteiger partial charge in [-0.1, -0.05) is 11.6 Å². The minimum Gasteiger partial charge on any atom is -0.399 e. The number of hydrazone groups is 1. The van der Waals surface area contributed by atoms with Gasteiger partial charge in [0, 0.05) is 23.0 Å². The molecule has 0 amide bonds. The number of nitrogens with one attached hydrogen (secondary N) is 1. The van der Waals surface area contributed by atoms with Gasteiger partial charge in [-0.15, -0.1) is 0 Å². The predicted octanol–water partition coefficient (Wildman–Crippen LogP) is 4.53. The molecular formula is C19H13ClN6O3. The average molecular weight is 409 g/mol. The molecule has 3 heterocycles. The highest BCUT2D eigenvalue weighted by atomic mass is 35.5. The molecule has 0 spiro atoms. The average Bonchev–Trinajstić information content (AvgIpc) is 3.37. The van der Waals surface area contributed by atoms with Crippen LogP contribution in [0.4, 0.5) is 11.6 Å². The van der Waals surface area contributed by atoms with Crippen molar-refractivity contribution in [3.05, 3.63) is 87.8 Å². The van der Waals surface area contributed by atoms with Crippen LogP contribution in [0.25, 0.3) is 17.1 Å². The van der Waals surface area contributed by atoms with Gasteiger partial charge in [-0.2, -0.15) is 10.2 Å². The van der Waals surface area contributed by atoms with E-state index < -0.39 is 4.92 Å². The molecule has 9 nitrogen and oxygen atoms in total. The Balaban J connectivity index is 1.70. The van der Waals surface area contributed by atoms with E-state index in [4.69, 9.17) is 16.0 Å². The first-order chi connectivity index (χ1) is 14.1. The van der Waals surface area contributed by atoms with Crippen LogP contribution in [-0.2, 0) is 0 Å². The molecule has 0 aliphatic carbocycles. The third-order valence-electron chi connectivity index (χ3n) is 3.90. The number of benzene rings is 1. The SMILES string of the molecule is O=[N+]([O-])c1ccc(-c2nn(-c3ccc(Cl)cc3)cc2C=NNc2cccnc2)o1. The van der Waals surface area contributed by atoms with Crippen LogP contribution in [0.5, 0.6) is 0 Å². The van der Waals surface area contributed by atoms with E-state index in [9.17, 15) is 10.1 Å². The number of nitrogens with zero attached hydrogens (tertiary/aromatic N) is 5. The summed E-state index contributed by atoms with van der Waals surface area (Å²) in [6.07, 6.45) is 6.58. The maximum absolute atomic E-state index is 10.9. The summed E-state index contributed by atoms with van der Waals surface area (Å²) in [6.45, 7) is 0. The van der Waals surface area contributed by atoms with Crippen LogP contribution in [0.15, 0.2) is 76.6 Å². The fourth-order valence-electron chi connectivity index (χ4n) is 2.56. The molecule has 0 fully saturated rings. The number of nitro groups is 1. The number of furan rings is 1. The summed E-state index contributed by atoms with van der Waals surface area (Å²) >= 11 is 5.95. The maximum Gasteiger partial charge on any atom is 0.433 e. The summed E-state index contributed by atoms with van der Waals surface area (Å²) in [7, 11) is 0. The van der Waals surface area contributed by atoms with Crippen molar-refractivity contribution in [1.29, 1.82) is 0 Å². The summed E-state index contributed by atoms with van der Waals surface area (Å²) in [6, 6.07) is 13.5. The first-order valence-electron chi connectivity index (χ1n) is 8.39. The van der Waals surface area contributed by atoms with E-state index >= 15 is 0 Å². The third-order valence-corrected chi connectivity index (χ3v) is 4.15. The summed E-state index contributed by atoms with van der Waals surface area (Å²) in [4.78, 5) is 14.4. The smallest absolute Gasteiger partial charge is 0.399 e. The van der Waals surface area contributed by atoms with Crippen molar-refractivity contribution in [3.8, 4) is 17.1 Å². The van der Waals surface area contributed by atoms with Crippen molar-refractivity contribution in [1.82, 2.24) is 14.8 Å². The summed E-state index contributed by atoms with van der Waals surface area (Å²) in [5.74, 6) is -0.107. The van der Waals surface area contributed by atoms with Gasteiger partial charge < -0.3 is 4.42 Å². The molecular weight excluding hydrogens is 396 g/mol. The first kappa shape index (κ1) is 18.4. The normalized spacial score (nSPS) is 11.1. The molecule has 1 aromatic carbocycles. The number of rotatable bonds is 6. The summed E-state index contributed by atoms with van der Waals surface area (Å²) in [5, 5.41) is 20.3. The van der Waals surface area contributed by atoms with Crippen molar-refractivity contribution in [2.75, 3.05) is 5.43 Å². The highest BCUT2D eigenvalue weighted by molar-refractivity contribution is 6.30. The molecule has 4 aromatic rings. The molecule has 0 atom stereocenters. The number of halogens is 1. The molecule has 3 aromatic heterocycles. The topological polar surface area (TPSA) is 111 Å². The third kappa shape index (κ3) is 4.14. The summed E-state index contributed by atoms with van der Waals surface area (Å²) < 4.78 is 6.93. The van der Waals surface area contributed by atoms with Gasteiger partial charge in [-0.3, -0.25) is 20.5 Å². The maximum atomic E-state index is 10.9. The minimum absolute atomic E-state index is 0.257. The highest BCUT2D eigenvalue weighted by Gasteiger charge is 2.18. The van der Waals surface area contributed by atoms with Gasteiger partial charge in [0.15, 0.2) is 5.76 Å². The molecule has 0 saturated carbocycles. The van der Waals surface area contributed by atoms with Gasteiger partial charge in [-0.25, -0.2) is 4.68 Å². The Morgan fingerprint density at radius 3 is 2.72 bits per heavy atom. The van der Waals surface area contributed by atoms with Crippen LogP contribution < -0.4 is 5.43 Å². The molecule has 0 bridgehead atoms. The fourth-order valence-corrected chi connectivity index (χ4v) is 2.68. The second-order valence-electron chi connectivity index (χ2n) is 5.86. The zero-order valence-corrected chi connectivity index (χ0v) is 15.5. The largest absolute Gasteiger partial charge is 0.433 e. The van der Waals surface area contributed by atoms with E-state index in [0.717, 1.165) is 5.69 Å². The zero-order chi connectivity index (χ0) is 20.2. The van der Waals surface area contributed by atoms with Gasteiger partial charge in [0.05, 0.1) is 29.9 Å². The number of aromatic nitrogens is 3. The van der Waals surface area contributed by atoms with Gasteiger partial charge in [0.25, 0.3) is 0 Å². The van der Waals surface area contributed by atoms with Crippen LogP contribution >= 0.6 is 11.6 Å². The van der Waals surface area contributed by atoms with Crippen molar-refractivity contribution in [2.24, 2.45) is 5.10 Å². The Hall–Kier alpha value is -3.98. The fraction of sp³-hybridized carbons (Fsp3) is 0. The lowest BCUT2D eigenvalue weighted by Crippen LogP contribution is -1.94. The Bertz CT molecular complexity index is 1170. The number of hydrogen-bond donors (Lipinski definition) is 1.